The Kier molecular flexibility index (Phi) is 7.32. The highest BCUT2D eigenvalue weighted by atomic mass is 79.9. The Morgan fingerprint density at radius 1 is 1.22 bits per heavy atom. The van der Waals surface area contributed by atoms with E-state index in [0.717, 1.165) is 22.4 Å². The monoisotopic (exact) mass is 316 g/mol. The molecular weight excluding hydrogens is 296 g/mol. The van der Waals surface area contributed by atoms with Gasteiger partial charge in [0.25, 0.3) is 0 Å². The summed E-state index contributed by atoms with van der Waals surface area (Å²) in [5, 5.41) is 0. The zero-order valence-corrected chi connectivity index (χ0v) is 12.8. The van der Waals surface area contributed by atoms with Crippen LogP contribution in [0.25, 0.3) is 0 Å². The fourth-order valence-corrected chi connectivity index (χ4v) is 1.94. The van der Waals surface area contributed by atoms with Crippen LogP contribution in [-0.2, 0) is 16.1 Å². The van der Waals surface area contributed by atoms with Gasteiger partial charge in [0.2, 0.25) is 0 Å². The topological polar surface area (TPSA) is 27.7 Å². The van der Waals surface area contributed by atoms with E-state index in [4.69, 9.17) is 14.2 Å². The van der Waals surface area contributed by atoms with Crippen molar-refractivity contribution in [3.8, 4) is 5.75 Å². The van der Waals surface area contributed by atoms with Gasteiger partial charge in [-0.2, -0.15) is 0 Å². The third-order valence-electron chi connectivity index (χ3n) is 2.37. The molecule has 1 rings (SSSR count). The fourth-order valence-electron chi connectivity index (χ4n) is 1.58. The SMILES string of the molecule is CCOc1cc(COCC(C)OCC)ccc1Br. The van der Waals surface area contributed by atoms with Gasteiger partial charge in [-0.3, -0.25) is 0 Å². The van der Waals surface area contributed by atoms with Crippen molar-refractivity contribution in [2.24, 2.45) is 0 Å². The first kappa shape index (κ1) is 15.5. The van der Waals surface area contributed by atoms with Crippen molar-refractivity contribution in [1.82, 2.24) is 0 Å². The summed E-state index contributed by atoms with van der Waals surface area (Å²) < 4.78 is 17.5. The Morgan fingerprint density at radius 3 is 2.67 bits per heavy atom. The van der Waals surface area contributed by atoms with Crippen molar-refractivity contribution in [2.75, 3.05) is 19.8 Å². The fraction of sp³-hybridized carbons (Fsp3) is 0.571. The molecule has 0 bridgehead atoms. The average Bonchev–Trinajstić information content (AvgIpc) is 2.34. The molecule has 4 heteroatoms. The standard InChI is InChI=1S/C14H21BrO3/c1-4-17-11(3)9-16-10-12-6-7-13(15)14(8-12)18-5-2/h6-8,11H,4-5,9-10H2,1-3H3. The molecule has 0 fully saturated rings. The van der Waals surface area contributed by atoms with E-state index in [1.807, 2.05) is 39.0 Å². The van der Waals surface area contributed by atoms with Gasteiger partial charge in [0, 0.05) is 6.61 Å². The smallest absolute Gasteiger partial charge is 0.133 e. The van der Waals surface area contributed by atoms with Crippen LogP contribution in [0.2, 0.25) is 0 Å². The van der Waals surface area contributed by atoms with Crippen molar-refractivity contribution in [3.63, 3.8) is 0 Å². The maximum absolute atomic E-state index is 5.61. The van der Waals surface area contributed by atoms with E-state index in [0.29, 0.717) is 19.8 Å². The Morgan fingerprint density at radius 2 is 2.00 bits per heavy atom. The van der Waals surface area contributed by atoms with Gasteiger partial charge in [-0.25, -0.2) is 0 Å². The van der Waals surface area contributed by atoms with Crippen LogP contribution >= 0.6 is 15.9 Å². The lowest BCUT2D eigenvalue weighted by atomic mass is 10.2. The molecule has 1 aromatic rings. The van der Waals surface area contributed by atoms with Crippen LogP contribution < -0.4 is 4.74 Å². The van der Waals surface area contributed by atoms with Gasteiger partial charge in [0.1, 0.15) is 5.75 Å². The van der Waals surface area contributed by atoms with Gasteiger partial charge in [-0.05, 0) is 54.4 Å². The predicted molar refractivity (Wildman–Crippen MR) is 76.1 cm³/mol. The number of benzene rings is 1. The summed E-state index contributed by atoms with van der Waals surface area (Å²) in [6.45, 7) is 8.52. The highest BCUT2D eigenvalue weighted by Crippen LogP contribution is 2.26. The normalized spacial score (nSPS) is 12.4. The molecule has 0 amide bonds. The molecule has 0 aliphatic heterocycles. The number of rotatable bonds is 8. The van der Waals surface area contributed by atoms with E-state index < -0.39 is 0 Å². The minimum Gasteiger partial charge on any atom is -0.493 e. The zero-order chi connectivity index (χ0) is 13.4. The van der Waals surface area contributed by atoms with E-state index in [1.165, 1.54) is 0 Å². The highest BCUT2D eigenvalue weighted by Gasteiger charge is 2.04. The van der Waals surface area contributed by atoms with Crippen molar-refractivity contribution < 1.29 is 14.2 Å². The van der Waals surface area contributed by atoms with Crippen LogP contribution in [0.3, 0.4) is 0 Å². The molecule has 102 valence electrons. The minimum atomic E-state index is 0.136. The van der Waals surface area contributed by atoms with E-state index in [9.17, 15) is 0 Å². The lowest BCUT2D eigenvalue weighted by Crippen LogP contribution is -2.15. The first-order valence-corrected chi connectivity index (χ1v) is 7.07. The first-order chi connectivity index (χ1) is 8.67. The number of hydrogen-bond donors (Lipinski definition) is 0. The molecule has 18 heavy (non-hydrogen) atoms. The molecule has 1 atom stereocenters. The summed E-state index contributed by atoms with van der Waals surface area (Å²) in [6.07, 6.45) is 0.136. The molecule has 0 heterocycles. The summed E-state index contributed by atoms with van der Waals surface area (Å²) in [6, 6.07) is 6.01. The Balaban J connectivity index is 2.44. The average molecular weight is 317 g/mol. The molecule has 0 aliphatic rings. The van der Waals surface area contributed by atoms with E-state index in [2.05, 4.69) is 15.9 Å². The molecule has 0 spiro atoms. The molecule has 1 unspecified atom stereocenters. The zero-order valence-electron chi connectivity index (χ0n) is 11.2. The third kappa shape index (κ3) is 5.38. The van der Waals surface area contributed by atoms with Gasteiger partial charge < -0.3 is 14.2 Å². The van der Waals surface area contributed by atoms with Crippen LogP contribution in [0.4, 0.5) is 0 Å². The summed E-state index contributed by atoms with van der Waals surface area (Å²) >= 11 is 3.46. The van der Waals surface area contributed by atoms with Gasteiger partial charge in [-0.15, -0.1) is 0 Å². The Labute approximate surface area is 118 Å². The first-order valence-electron chi connectivity index (χ1n) is 6.27. The lowest BCUT2D eigenvalue weighted by Gasteiger charge is -2.13. The number of halogens is 1. The molecule has 3 nitrogen and oxygen atoms in total. The maximum atomic E-state index is 5.61. The van der Waals surface area contributed by atoms with Crippen LogP contribution in [0.5, 0.6) is 5.75 Å². The van der Waals surface area contributed by atoms with E-state index in [1.54, 1.807) is 0 Å². The maximum Gasteiger partial charge on any atom is 0.133 e. The molecule has 0 aliphatic carbocycles. The van der Waals surface area contributed by atoms with Crippen molar-refractivity contribution >= 4 is 15.9 Å². The van der Waals surface area contributed by atoms with Crippen molar-refractivity contribution in [2.45, 2.75) is 33.5 Å². The molecule has 0 saturated carbocycles. The third-order valence-corrected chi connectivity index (χ3v) is 3.02. The molecular formula is C14H21BrO3. The quantitative estimate of drug-likeness (QED) is 0.730. The molecule has 0 saturated heterocycles. The number of hydrogen-bond acceptors (Lipinski definition) is 3. The Bertz CT molecular complexity index is 355. The van der Waals surface area contributed by atoms with Gasteiger partial charge >= 0.3 is 0 Å². The van der Waals surface area contributed by atoms with Crippen molar-refractivity contribution in [3.05, 3.63) is 28.2 Å². The van der Waals surface area contributed by atoms with Gasteiger partial charge in [-0.1, -0.05) is 6.07 Å². The van der Waals surface area contributed by atoms with Crippen LogP contribution in [0.15, 0.2) is 22.7 Å². The molecule has 0 aromatic heterocycles. The lowest BCUT2D eigenvalue weighted by molar-refractivity contribution is -0.00716. The second kappa shape index (κ2) is 8.51. The predicted octanol–water partition coefficient (Wildman–Crippen LogP) is 3.79. The van der Waals surface area contributed by atoms with Gasteiger partial charge in [0.05, 0.1) is 30.4 Å². The summed E-state index contributed by atoms with van der Waals surface area (Å²) in [7, 11) is 0. The van der Waals surface area contributed by atoms with E-state index in [-0.39, 0.29) is 6.10 Å². The molecule has 1 aromatic carbocycles. The van der Waals surface area contributed by atoms with Gasteiger partial charge in [0.15, 0.2) is 0 Å². The Hall–Kier alpha value is -0.580. The van der Waals surface area contributed by atoms with Crippen LogP contribution in [0.1, 0.15) is 26.3 Å². The number of ether oxygens (including phenoxy) is 3. The summed E-state index contributed by atoms with van der Waals surface area (Å²) in [5.74, 6) is 0.858. The van der Waals surface area contributed by atoms with E-state index >= 15 is 0 Å². The molecule has 0 radical (unpaired) electrons. The second-order valence-corrected chi connectivity index (χ2v) is 4.83. The largest absolute Gasteiger partial charge is 0.493 e. The van der Waals surface area contributed by atoms with Crippen LogP contribution in [0, 0.1) is 0 Å². The summed E-state index contributed by atoms with van der Waals surface area (Å²) in [5.41, 5.74) is 1.10. The van der Waals surface area contributed by atoms with Crippen molar-refractivity contribution in [1.29, 1.82) is 0 Å². The minimum absolute atomic E-state index is 0.136. The second-order valence-electron chi connectivity index (χ2n) is 3.98. The highest BCUT2D eigenvalue weighted by molar-refractivity contribution is 9.10. The molecule has 0 N–H and O–H groups in total. The summed E-state index contributed by atoms with van der Waals surface area (Å²) in [4.78, 5) is 0. The van der Waals surface area contributed by atoms with Crippen LogP contribution in [-0.4, -0.2) is 25.9 Å².